The van der Waals surface area contributed by atoms with Crippen molar-refractivity contribution in [1.82, 2.24) is 10.1 Å². The topological polar surface area (TPSA) is 38.5 Å². The van der Waals surface area contributed by atoms with E-state index in [-0.39, 0.29) is 11.9 Å². The molecule has 1 aliphatic rings. The third kappa shape index (κ3) is 4.07. The number of rotatable bonds is 5. The van der Waals surface area contributed by atoms with Gasteiger partial charge in [0.15, 0.2) is 0 Å². The lowest BCUT2D eigenvalue weighted by Gasteiger charge is -2.31. The Morgan fingerprint density at radius 3 is 2.82 bits per heavy atom. The van der Waals surface area contributed by atoms with Crippen LogP contribution in [-0.4, -0.2) is 35.8 Å². The van der Waals surface area contributed by atoms with Crippen LogP contribution >= 0.6 is 0 Å². The van der Waals surface area contributed by atoms with Crippen molar-refractivity contribution in [1.29, 1.82) is 0 Å². The van der Waals surface area contributed by atoms with Crippen molar-refractivity contribution >= 4 is 0 Å². The molecule has 1 fully saturated rings. The summed E-state index contributed by atoms with van der Waals surface area (Å²) in [5.41, 5.74) is 0.928. The number of nitrogens with zero attached hydrogens (tertiary/aromatic N) is 2. The lowest BCUT2D eigenvalue weighted by atomic mass is 10.1. The monoisotopic (exact) mass is 304 g/mol. The highest BCUT2D eigenvalue weighted by molar-refractivity contribution is 5.22. The van der Waals surface area contributed by atoms with Gasteiger partial charge in [0.1, 0.15) is 23.4 Å². The second kappa shape index (κ2) is 6.92. The molecule has 4 nitrogen and oxygen atoms in total. The van der Waals surface area contributed by atoms with Gasteiger partial charge in [0.2, 0.25) is 0 Å². The second-order valence-electron chi connectivity index (χ2n) is 5.80. The molecule has 2 aromatic rings. The molecule has 118 valence electrons. The second-order valence-corrected chi connectivity index (χ2v) is 5.80. The van der Waals surface area contributed by atoms with Gasteiger partial charge < -0.3 is 14.2 Å². The molecule has 0 bridgehead atoms. The minimum absolute atomic E-state index is 0.172. The molecule has 0 unspecified atom stereocenters. The van der Waals surface area contributed by atoms with Crippen molar-refractivity contribution < 1.29 is 13.7 Å². The van der Waals surface area contributed by atoms with Gasteiger partial charge in [-0.2, -0.15) is 0 Å². The summed E-state index contributed by atoms with van der Waals surface area (Å²) in [7, 11) is 0. The molecule has 22 heavy (non-hydrogen) atoms. The average molecular weight is 304 g/mol. The van der Waals surface area contributed by atoms with E-state index in [1.54, 1.807) is 6.07 Å². The standard InChI is InChI=1S/C17H21FN2O2/c1-13-11-17(22-19-13)7-10-20-8-5-15(6-9-20)21-16-4-2-3-14(18)12-16/h2-4,11-12,15H,5-10H2,1H3. The van der Waals surface area contributed by atoms with Crippen LogP contribution in [0.1, 0.15) is 24.3 Å². The summed E-state index contributed by atoms with van der Waals surface area (Å²) in [6.07, 6.45) is 2.99. The van der Waals surface area contributed by atoms with E-state index in [4.69, 9.17) is 9.26 Å². The van der Waals surface area contributed by atoms with Crippen molar-refractivity contribution in [3.8, 4) is 5.75 Å². The normalized spacial score (nSPS) is 16.8. The Morgan fingerprint density at radius 2 is 2.14 bits per heavy atom. The fraction of sp³-hybridized carbons (Fsp3) is 0.471. The van der Waals surface area contributed by atoms with E-state index in [1.165, 1.54) is 12.1 Å². The Morgan fingerprint density at radius 1 is 1.32 bits per heavy atom. The number of aromatic nitrogens is 1. The van der Waals surface area contributed by atoms with Crippen molar-refractivity contribution in [2.45, 2.75) is 32.3 Å². The molecule has 1 aromatic heterocycles. The van der Waals surface area contributed by atoms with E-state index in [0.717, 1.165) is 50.4 Å². The quantitative estimate of drug-likeness (QED) is 0.850. The summed E-state index contributed by atoms with van der Waals surface area (Å²) >= 11 is 0. The van der Waals surface area contributed by atoms with Crippen LogP contribution < -0.4 is 4.74 Å². The molecule has 2 heterocycles. The minimum Gasteiger partial charge on any atom is -0.490 e. The van der Waals surface area contributed by atoms with Crippen LogP contribution in [0.15, 0.2) is 34.9 Å². The van der Waals surface area contributed by atoms with Crippen molar-refractivity contribution in [3.05, 3.63) is 47.6 Å². The van der Waals surface area contributed by atoms with Gasteiger partial charge in [-0.15, -0.1) is 0 Å². The highest BCUT2D eigenvalue weighted by Crippen LogP contribution is 2.20. The van der Waals surface area contributed by atoms with E-state index in [0.29, 0.717) is 5.75 Å². The Bertz CT molecular complexity index is 606. The number of likely N-dealkylation sites (tertiary alicyclic amines) is 1. The van der Waals surface area contributed by atoms with Gasteiger partial charge in [-0.05, 0) is 31.9 Å². The van der Waals surface area contributed by atoms with Gasteiger partial charge >= 0.3 is 0 Å². The average Bonchev–Trinajstić information content (AvgIpc) is 2.92. The zero-order chi connectivity index (χ0) is 15.4. The third-order valence-electron chi connectivity index (χ3n) is 3.98. The zero-order valence-electron chi connectivity index (χ0n) is 12.8. The van der Waals surface area contributed by atoms with Crippen LogP contribution in [0, 0.1) is 12.7 Å². The zero-order valence-corrected chi connectivity index (χ0v) is 12.8. The van der Waals surface area contributed by atoms with Gasteiger partial charge in [0, 0.05) is 38.2 Å². The molecule has 0 spiro atoms. The number of ether oxygens (including phenoxy) is 1. The smallest absolute Gasteiger partial charge is 0.138 e. The van der Waals surface area contributed by atoms with E-state index in [9.17, 15) is 4.39 Å². The van der Waals surface area contributed by atoms with E-state index in [2.05, 4.69) is 10.1 Å². The van der Waals surface area contributed by atoms with Crippen molar-refractivity contribution in [2.24, 2.45) is 0 Å². The van der Waals surface area contributed by atoms with Gasteiger partial charge in [-0.25, -0.2) is 4.39 Å². The SMILES string of the molecule is Cc1cc(CCN2CCC(Oc3cccc(F)c3)CC2)on1. The van der Waals surface area contributed by atoms with Crippen LogP contribution in [0.2, 0.25) is 0 Å². The predicted octanol–water partition coefficient (Wildman–Crippen LogP) is 3.21. The lowest BCUT2D eigenvalue weighted by Crippen LogP contribution is -2.39. The number of hydrogen-bond donors (Lipinski definition) is 0. The molecule has 0 N–H and O–H groups in total. The molecule has 5 heteroatoms. The first kappa shape index (κ1) is 15.0. The number of benzene rings is 1. The third-order valence-corrected chi connectivity index (χ3v) is 3.98. The summed E-state index contributed by atoms with van der Waals surface area (Å²) < 4.78 is 24.2. The molecule has 0 aliphatic carbocycles. The summed E-state index contributed by atoms with van der Waals surface area (Å²) in [6.45, 7) is 4.89. The van der Waals surface area contributed by atoms with Crippen LogP contribution in [0.3, 0.4) is 0 Å². The summed E-state index contributed by atoms with van der Waals surface area (Å²) in [4.78, 5) is 2.41. The first-order valence-electron chi connectivity index (χ1n) is 7.76. The lowest BCUT2D eigenvalue weighted by molar-refractivity contribution is 0.0999. The highest BCUT2D eigenvalue weighted by atomic mass is 19.1. The maximum Gasteiger partial charge on any atom is 0.138 e. The summed E-state index contributed by atoms with van der Waals surface area (Å²) in [5.74, 6) is 1.31. The molecule has 3 rings (SSSR count). The van der Waals surface area contributed by atoms with Gasteiger partial charge in [-0.1, -0.05) is 11.2 Å². The maximum absolute atomic E-state index is 13.1. The first-order chi connectivity index (χ1) is 10.7. The fourth-order valence-corrected chi connectivity index (χ4v) is 2.79. The van der Waals surface area contributed by atoms with Crippen molar-refractivity contribution in [3.63, 3.8) is 0 Å². The molecular weight excluding hydrogens is 283 g/mol. The van der Waals surface area contributed by atoms with Crippen LogP contribution in [0.4, 0.5) is 4.39 Å². The van der Waals surface area contributed by atoms with Crippen LogP contribution in [0.5, 0.6) is 5.75 Å². The molecule has 1 saturated heterocycles. The van der Waals surface area contributed by atoms with Crippen molar-refractivity contribution in [2.75, 3.05) is 19.6 Å². The Balaban J connectivity index is 1.42. The molecule has 0 amide bonds. The van der Waals surface area contributed by atoms with Gasteiger partial charge in [-0.3, -0.25) is 0 Å². The number of aryl methyl sites for hydroxylation is 1. The molecule has 1 aliphatic heterocycles. The molecule has 0 saturated carbocycles. The number of piperidine rings is 1. The van der Waals surface area contributed by atoms with E-state index >= 15 is 0 Å². The fourth-order valence-electron chi connectivity index (χ4n) is 2.79. The molecule has 0 radical (unpaired) electrons. The Kier molecular flexibility index (Phi) is 4.73. The Labute approximate surface area is 129 Å². The van der Waals surface area contributed by atoms with E-state index < -0.39 is 0 Å². The van der Waals surface area contributed by atoms with Gasteiger partial charge in [0.25, 0.3) is 0 Å². The minimum atomic E-state index is -0.253. The molecular formula is C17H21FN2O2. The maximum atomic E-state index is 13.1. The predicted molar refractivity (Wildman–Crippen MR) is 81.4 cm³/mol. The number of hydrogen-bond acceptors (Lipinski definition) is 4. The molecule has 0 atom stereocenters. The summed E-state index contributed by atoms with van der Waals surface area (Å²) in [6, 6.07) is 8.35. The van der Waals surface area contributed by atoms with Crippen LogP contribution in [0.25, 0.3) is 0 Å². The first-order valence-corrected chi connectivity index (χ1v) is 7.76. The van der Waals surface area contributed by atoms with Gasteiger partial charge in [0.05, 0.1) is 5.69 Å². The highest BCUT2D eigenvalue weighted by Gasteiger charge is 2.20. The molecule has 1 aromatic carbocycles. The van der Waals surface area contributed by atoms with Crippen LogP contribution in [-0.2, 0) is 6.42 Å². The van der Waals surface area contributed by atoms with E-state index in [1.807, 2.05) is 19.1 Å². The summed E-state index contributed by atoms with van der Waals surface area (Å²) in [5, 5.41) is 3.90. The number of halogens is 1. The largest absolute Gasteiger partial charge is 0.490 e. The Hall–Kier alpha value is -1.88.